The Balaban J connectivity index is 1.56. The Kier molecular flexibility index (Phi) is 6.81. The van der Waals surface area contributed by atoms with E-state index in [1.54, 1.807) is 19.2 Å². The van der Waals surface area contributed by atoms with Gasteiger partial charge in [0.2, 0.25) is 0 Å². The fourth-order valence-electron chi connectivity index (χ4n) is 5.19. The lowest BCUT2D eigenvalue weighted by molar-refractivity contribution is 0.149. The van der Waals surface area contributed by atoms with Gasteiger partial charge in [-0.05, 0) is 43.7 Å². The zero-order valence-corrected chi connectivity index (χ0v) is 22.0. The SMILES string of the molecule is Cc1ncc(C(c2ccc(Cl)cc2)N2CCN(c3c(C#N)c(=O)n(C)c4ccc(C#N)nc34)C[C@H]2C)cn1. The van der Waals surface area contributed by atoms with E-state index in [0.29, 0.717) is 47.2 Å². The molecule has 3 aromatic heterocycles. The standard InChI is InChI=1S/C28H25ClN8O/c1-17-16-36(27-23(13-31)28(38)35(3)24-9-8-22(12-30)34-25(24)27)10-11-37(17)26(19-4-6-21(29)7-5-19)20-14-32-18(2)33-15-20/h4-9,14-15,17,26H,10-11,16H2,1-3H3/t17-,26?/m1/s1. The van der Waals surface area contributed by atoms with Crippen molar-refractivity contribution in [2.45, 2.75) is 25.9 Å². The number of rotatable bonds is 4. The molecular weight excluding hydrogens is 500 g/mol. The number of anilines is 1. The van der Waals surface area contributed by atoms with Crippen molar-refractivity contribution >= 4 is 28.3 Å². The molecule has 1 fully saturated rings. The van der Waals surface area contributed by atoms with Gasteiger partial charge in [-0.25, -0.2) is 15.0 Å². The summed E-state index contributed by atoms with van der Waals surface area (Å²) >= 11 is 6.18. The van der Waals surface area contributed by atoms with Gasteiger partial charge in [0.1, 0.15) is 34.7 Å². The smallest absolute Gasteiger partial charge is 0.270 e. The van der Waals surface area contributed by atoms with Gasteiger partial charge in [0.05, 0.1) is 17.2 Å². The van der Waals surface area contributed by atoms with E-state index in [4.69, 9.17) is 11.6 Å². The summed E-state index contributed by atoms with van der Waals surface area (Å²) in [4.78, 5) is 30.9. The Morgan fingerprint density at radius 2 is 1.74 bits per heavy atom. The molecule has 0 saturated carbocycles. The number of hydrogen-bond acceptors (Lipinski definition) is 8. The van der Waals surface area contributed by atoms with Crippen LogP contribution in [0.3, 0.4) is 0 Å². The fraction of sp³-hybridized carbons (Fsp3) is 0.286. The molecule has 1 aliphatic heterocycles. The van der Waals surface area contributed by atoms with Crippen LogP contribution in [0.2, 0.25) is 5.02 Å². The van der Waals surface area contributed by atoms with Crippen LogP contribution in [0.15, 0.2) is 53.6 Å². The van der Waals surface area contributed by atoms with Crippen LogP contribution in [-0.4, -0.2) is 50.1 Å². The molecule has 4 aromatic rings. The number of halogens is 1. The van der Waals surface area contributed by atoms with Crippen LogP contribution < -0.4 is 10.5 Å². The van der Waals surface area contributed by atoms with Crippen LogP contribution >= 0.6 is 11.6 Å². The number of aryl methyl sites for hydroxylation is 2. The lowest BCUT2D eigenvalue weighted by Gasteiger charge is -2.45. The predicted octanol–water partition coefficient (Wildman–Crippen LogP) is 3.73. The van der Waals surface area contributed by atoms with Gasteiger partial charge >= 0.3 is 0 Å². The fourth-order valence-corrected chi connectivity index (χ4v) is 5.31. The third-order valence-electron chi connectivity index (χ3n) is 7.07. The van der Waals surface area contributed by atoms with Crippen LogP contribution in [0.4, 0.5) is 5.69 Å². The van der Waals surface area contributed by atoms with Gasteiger partial charge in [-0.2, -0.15) is 10.5 Å². The zero-order valence-electron chi connectivity index (χ0n) is 21.3. The van der Waals surface area contributed by atoms with Crippen LogP contribution in [-0.2, 0) is 7.05 Å². The van der Waals surface area contributed by atoms with Crippen molar-refractivity contribution < 1.29 is 0 Å². The summed E-state index contributed by atoms with van der Waals surface area (Å²) in [6.07, 6.45) is 3.71. The van der Waals surface area contributed by atoms with E-state index < -0.39 is 0 Å². The van der Waals surface area contributed by atoms with E-state index in [0.717, 1.165) is 11.1 Å². The molecule has 5 rings (SSSR count). The maximum Gasteiger partial charge on any atom is 0.270 e. The van der Waals surface area contributed by atoms with Gasteiger partial charge in [-0.15, -0.1) is 0 Å². The van der Waals surface area contributed by atoms with Crippen molar-refractivity contribution in [3.05, 3.63) is 92.4 Å². The minimum Gasteiger partial charge on any atom is -0.366 e. The highest BCUT2D eigenvalue weighted by molar-refractivity contribution is 6.30. The van der Waals surface area contributed by atoms with Crippen molar-refractivity contribution in [3.63, 3.8) is 0 Å². The lowest BCUT2D eigenvalue weighted by atomic mass is 9.96. The van der Waals surface area contributed by atoms with Crippen LogP contribution in [0.1, 0.15) is 41.2 Å². The lowest BCUT2D eigenvalue weighted by Crippen LogP contribution is -2.53. The molecule has 1 aliphatic rings. The minimum absolute atomic E-state index is 0.0236. The van der Waals surface area contributed by atoms with Crippen LogP contribution in [0.25, 0.3) is 11.0 Å². The second kappa shape index (κ2) is 10.2. The number of nitrogens with zero attached hydrogens (tertiary/aromatic N) is 8. The normalized spacial score (nSPS) is 16.7. The Bertz CT molecular complexity index is 1610. The summed E-state index contributed by atoms with van der Waals surface area (Å²) in [5.41, 5.74) is 3.45. The van der Waals surface area contributed by atoms with E-state index in [1.165, 1.54) is 4.57 Å². The van der Waals surface area contributed by atoms with E-state index in [9.17, 15) is 15.3 Å². The Labute approximate surface area is 225 Å². The Morgan fingerprint density at radius 3 is 2.37 bits per heavy atom. The average molecular weight is 525 g/mol. The second-order valence-electron chi connectivity index (χ2n) is 9.43. The van der Waals surface area contributed by atoms with Crippen LogP contribution in [0.5, 0.6) is 0 Å². The molecule has 0 amide bonds. The highest BCUT2D eigenvalue weighted by Gasteiger charge is 2.34. The summed E-state index contributed by atoms with van der Waals surface area (Å²) < 4.78 is 1.42. The summed E-state index contributed by atoms with van der Waals surface area (Å²) in [6, 6.07) is 15.2. The molecule has 9 nitrogen and oxygen atoms in total. The molecule has 0 N–H and O–H groups in total. The van der Waals surface area contributed by atoms with Gasteiger partial charge < -0.3 is 9.47 Å². The third kappa shape index (κ3) is 4.47. The summed E-state index contributed by atoms with van der Waals surface area (Å²) in [5.74, 6) is 0.701. The maximum atomic E-state index is 13.1. The number of aromatic nitrogens is 4. The number of benzene rings is 1. The number of fused-ring (bicyclic) bond motifs is 1. The van der Waals surface area contributed by atoms with Crippen molar-refractivity contribution in [1.29, 1.82) is 10.5 Å². The average Bonchev–Trinajstić information content (AvgIpc) is 2.93. The topological polar surface area (TPSA) is 115 Å². The molecule has 1 saturated heterocycles. The highest BCUT2D eigenvalue weighted by atomic mass is 35.5. The van der Waals surface area contributed by atoms with E-state index in [-0.39, 0.29) is 28.9 Å². The third-order valence-corrected chi connectivity index (χ3v) is 7.32. The van der Waals surface area contributed by atoms with E-state index in [2.05, 4.69) is 38.9 Å². The van der Waals surface area contributed by atoms with E-state index >= 15 is 0 Å². The zero-order chi connectivity index (χ0) is 27.0. The number of pyridine rings is 2. The molecule has 0 aliphatic carbocycles. The molecule has 4 heterocycles. The van der Waals surface area contributed by atoms with Crippen molar-refractivity contribution in [1.82, 2.24) is 24.4 Å². The van der Waals surface area contributed by atoms with Gasteiger partial charge in [0.15, 0.2) is 0 Å². The van der Waals surface area contributed by atoms with Crippen molar-refractivity contribution in [3.8, 4) is 12.1 Å². The number of hydrogen-bond donors (Lipinski definition) is 0. The first-order valence-electron chi connectivity index (χ1n) is 12.2. The molecule has 38 heavy (non-hydrogen) atoms. The maximum absolute atomic E-state index is 13.1. The first-order valence-corrected chi connectivity index (χ1v) is 12.6. The molecule has 10 heteroatoms. The largest absolute Gasteiger partial charge is 0.366 e. The first-order chi connectivity index (χ1) is 18.3. The number of nitriles is 2. The predicted molar refractivity (Wildman–Crippen MR) is 145 cm³/mol. The molecule has 190 valence electrons. The number of piperazine rings is 1. The van der Waals surface area contributed by atoms with Crippen molar-refractivity contribution in [2.24, 2.45) is 7.05 Å². The molecular formula is C28H25ClN8O. The van der Waals surface area contributed by atoms with Crippen LogP contribution in [0, 0.1) is 29.6 Å². The molecule has 2 atom stereocenters. The molecule has 0 radical (unpaired) electrons. The highest BCUT2D eigenvalue weighted by Crippen LogP contribution is 2.35. The van der Waals surface area contributed by atoms with Gasteiger partial charge in [0.25, 0.3) is 5.56 Å². The van der Waals surface area contributed by atoms with Gasteiger partial charge in [-0.3, -0.25) is 9.69 Å². The molecule has 1 aromatic carbocycles. The summed E-state index contributed by atoms with van der Waals surface area (Å²) in [5, 5.41) is 20.1. The second-order valence-corrected chi connectivity index (χ2v) is 9.86. The first kappa shape index (κ1) is 25.3. The Hall–Kier alpha value is -4.31. The molecule has 1 unspecified atom stereocenters. The molecule has 0 spiro atoms. The van der Waals surface area contributed by atoms with E-state index in [1.807, 2.05) is 48.5 Å². The summed E-state index contributed by atoms with van der Waals surface area (Å²) in [7, 11) is 1.62. The quantitative estimate of drug-likeness (QED) is 0.396. The van der Waals surface area contributed by atoms with Gasteiger partial charge in [0, 0.05) is 55.7 Å². The van der Waals surface area contributed by atoms with Crippen molar-refractivity contribution in [2.75, 3.05) is 24.5 Å². The minimum atomic E-state index is -0.382. The summed E-state index contributed by atoms with van der Waals surface area (Å²) in [6.45, 7) is 5.72. The monoisotopic (exact) mass is 524 g/mol. The van der Waals surface area contributed by atoms with Gasteiger partial charge in [-0.1, -0.05) is 23.7 Å². The molecule has 0 bridgehead atoms. The Morgan fingerprint density at radius 1 is 1.03 bits per heavy atom.